The number of para-hydroxylation sites is 2. The quantitative estimate of drug-likeness (QED) is 0.457. The molecule has 4 heteroatoms. The number of aromatic nitrogens is 1. The molecule has 4 aromatic rings. The van der Waals surface area contributed by atoms with Crippen molar-refractivity contribution in [1.82, 2.24) is 10.3 Å². The highest BCUT2D eigenvalue weighted by atomic mass is 16.2. The zero-order valence-electron chi connectivity index (χ0n) is 14.9. The summed E-state index contributed by atoms with van der Waals surface area (Å²) in [6.07, 6.45) is 2.04. The Morgan fingerprint density at radius 1 is 0.852 bits per heavy atom. The van der Waals surface area contributed by atoms with E-state index in [2.05, 4.69) is 39.9 Å². The molecule has 1 aromatic heterocycles. The molecule has 0 aliphatic heterocycles. The minimum atomic E-state index is -0.207. The summed E-state index contributed by atoms with van der Waals surface area (Å²) in [4.78, 5) is 15.7. The Kier molecular flexibility index (Phi) is 4.88. The normalized spacial score (nSPS) is 11.9. The van der Waals surface area contributed by atoms with Gasteiger partial charge in [-0.1, -0.05) is 66.7 Å². The largest absolute Gasteiger partial charge is 0.361 e. The lowest BCUT2D eigenvalue weighted by molar-refractivity contribution is 0.252. The molecule has 0 aliphatic rings. The third-order valence-electron chi connectivity index (χ3n) is 4.70. The molecule has 1 atom stereocenters. The number of fused-ring (bicyclic) bond motifs is 1. The maximum atomic E-state index is 12.4. The van der Waals surface area contributed by atoms with Crippen molar-refractivity contribution >= 4 is 22.6 Å². The van der Waals surface area contributed by atoms with Crippen molar-refractivity contribution in [3.05, 3.63) is 102 Å². The van der Waals surface area contributed by atoms with Crippen molar-refractivity contribution in [3.63, 3.8) is 0 Å². The predicted octanol–water partition coefficient (Wildman–Crippen LogP) is 5.12. The molecule has 4 rings (SSSR count). The van der Waals surface area contributed by atoms with Crippen LogP contribution in [0.15, 0.2) is 91.1 Å². The molecular weight excluding hydrogens is 334 g/mol. The van der Waals surface area contributed by atoms with Crippen LogP contribution in [0.1, 0.15) is 17.0 Å². The Balaban J connectivity index is 1.57. The van der Waals surface area contributed by atoms with Crippen LogP contribution in [0.25, 0.3) is 10.9 Å². The molecule has 27 heavy (non-hydrogen) atoms. The zero-order chi connectivity index (χ0) is 18.5. The second-order valence-corrected chi connectivity index (χ2v) is 6.45. The third kappa shape index (κ3) is 3.85. The van der Waals surface area contributed by atoms with Gasteiger partial charge in [0.25, 0.3) is 0 Å². The van der Waals surface area contributed by atoms with Crippen molar-refractivity contribution in [2.45, 2.75) is 5.92 Å². The number of nitrogens with one attached hydrogen (secondary N) is 3. The second kappa shape index (κ2) is 7.79. The third-order valence-corrected chi connectivity index (χ3v) is 4.70. The smallest absolute Gasteiger partial charge is 0.319 e. The van der Waals surface area contributed by atoms with E-state index in [4.69, 9.17) is 0 Å². The number of rotatable bonds is 5. The van der Waals surface area contributed by atoms with E-state index in [9.17, 15) is 4.79 Å². The fraction of sp³-hybridized carbons (Fsp3) is 0.0870. The fourth-order valence-corrected chi connectivity index (χ4v) is 3.37. The summed E-state index contributed by atoms with van der Waals surface area (Å²) in [6, 6.07) is 27.7. The van der Waals surface area contributed by atoms with Crippen molar-refractivity contribution in [2.24, 2.45) is 0 Å². The molecular formula is C23H21N3O. The van der Waals surface area contributed by atoms with E-state index in [1.54, 1.807) is 0 Å². The first-order valence-corrected chi connectivity index (χ1v) is 9.02. The van der Waals surface area contributed by atoms with Crippen LogP contribution in [0.4, 0.5) is 10.5 Å². The number of aromatic amines is 1. The van der Waals surface area contributed by atoms with Gasteiger partial charge in [-0.05, 0) is 29.3 Å². The molecule has 3 aromatic carbocycles. The molecule has 0 unspecified atom stereocenters. The lowest BCUT2D eigenvalue weighted by atomic mass is 9.91. The number of hydrogen-bond donors (Lipinski definition) is 3. The fourth-order valence-electron chi connectivity index (χ4n) is 3.37. The molecule has 0 aliphatic carbocycles. The molecule has 134 valence electrons. The average molecular weight is 355 g/mol. The SMILES string of the molecule is O=C(NC[C@H](c1ccccc1)c1c[nH]c2ccccc12)Nc1ccccc1. The van der Waals surface area contributed by atoms with Gasteiger partial charge in [-0.25, -0.2) is 4.79 Å². The summed E-state index contributed by atoms with van der Waals surface area (Å²) in [6.45, 7) is 0.504. The van der Waals surface area contributed by atoms with Crippen LogP contribution in [-0.4, -0.2) is 17.6 Å². The van der Waals surface area contributed by atoms with Gasteiger partial charge in [-0.15, -0.1) is 0 Å². The number of urea groups is 1. The predicted molar refractivity (Wildman–Crippen MR) is 110 cm³/mol. The van der Waals surface area contributed by atoms with Crippen LogP contribution >= 0.6 is 0 Å². The van der Waals surface area contributed by atoms with Crippen molar-refractivity contribution in [3.8, 4) is 0 Å². The molecule has 0 saturated carbocycles. The summed E-state index contributed by atoms with van der Waals surface area (Å²) in [7, 11) is 0. The van der Waals surface area contributed by atoms with E-state index in [1.165, 1.54) is 16.5 Å². The molecule has 0 spiro atoms. The van der Waals surface area contributed by atoms with Gasteiger partial charge in [0, 0.05) is 35.2 Å². The van der Waals surface area contributed by atoms with Crippen LogP contribution in [0.2, 0.25) is 0 Å². The van der Waals surface area contributed by atoms with Gasteiger partial charge in [-0.2, -0.15) is 0 Å². The Morgan fingerprint density at radius 3 is 2.30 bits per heavy atom. The first kappa shape index (κ1) is 16.9. The monoisotopic (exact) mass is 355 g/mol. The number of H-pyrrole nitrogens is 1. The lowest BCUT2D eigenvalue weighted by Crippen LogP contribution is -2.32. The van der Waals surface area contributed by atoms with Crippen LogP contribution in [-0.2, 0) is 0 Å². The molecule has 3 N–H and O–H groups in total. The van der Waals surface area contributed by atoms with Crippen LogP contribution in [0.5, 0.6) is 0 Å². The van der Waals surface area contributed by atoms with Gasteiger partial charge in [-0.3, -0.25) is 0 Å². The van der Waals surface area contributed by atoms with E-state index < -0.39 is 0 Å². The van der Waals surface area contributed by atoms with Crippen molar-refractivity contribution < 1.29 is 4.79 Å². The van der Waals surface area contributed by atoms with E-state index in [0.717, 1.165) is 11.2 Å². The van der Waals surface area contributed by atoms with Crippen molar-refractivity contribution in [2.75, 3.05) is 11.9 Å². The zero-order valence-corrected chi connectivity index (χ0v) is 14.9. The van der Waals surface area contributed by atoms with E-state index >= 15 is 0 Å². The van der Waals surface area contributed by atoms with Gasteiger partial charge in [0.1, 0.15) is 0 Å². The van der Waals surface area contributed by atoms with Crippen molar-refractivity contribution in [1.29, 1.82) is 0 Å². The Morgan fingerprint density at radius 2 is 1.52 bits per heavy atom. The summed E-state index contributed by atoms with van der Waals surface area (Å²) in [5.41, 5.74) is 4.22. The molecule has 0 saturated heterocycles. The number of benzene rings is 3. The summed E-state index contributed by atoms with van der Waals surface area (Å²) < 4.78 is 0. The number of carbonyl (C=O) groups excluding carboxylic acids is 1. The highest BCUT2D eigenvalue weighted by Crippen LogP contribution is 2.30. The van der Waals surface area contributed by atoms with Gasteiger partial charge >= 0.3 is 6.03 Å². The van der Waals surface area contributed by atoms with Crippen LogP contribution in [0.3, 0.4) is 0 Å². The van der Waals surface area contributed by atoms with Gasteiger partial charge < -0.3 is 15.6 Å². The molecule has 0 fully saturated rings. The van der Waals surface area contributed by atoms with Crippen LogP contribution in [0, 0.1) is 0 Å². The number of hydrogen-bond acceptors (Lipinski definition) is 1. The van der Waals surface area contributed by atoms with Crippen LogP contribution < -0.4 is 10.6 Å². The molecule has 0 radical (unpaired) electrons. The first-order chi connectivity index (χ1) is 13.3. The van der Waals surface area contributed by atoms with Gasteiger partial charge in [0.05, 0.1) is 0 Å². The number of amides is 2. The van der Waals surface area contributed by atoms with Gasteiger partial charge in [0.2, 0.25) is 0 Å². The standard InChI is InChI=1S/C23H21N3O/c27-23(26-18-11-5-2-6-12-18)25-15-20(17-9-3-1-4-10-17)21-16-24-22-14-8-7-13-19(21)22/h1-14,16,20,24H,15H2,(H2,25,26,27)/t20-/m1/s1. The minimum absolute atomic E-state index is 0.0591. The maximum Gasteiger partial charge on any atom is 0.319 e. The average Bonchev–Trinajstić information content (AvgIpc) is 3.14. The summed E-state index contributed by atoms with van der Waals surface area (Å²) in [5, 5.41) is 7.07. The topological polar surface area (TPSA) is 56.9 Å². The molecule has 2 amide bonds. The molecule has 1 heterocycles. The lowest BCUT2D eigenvalue weighted by Gasteiger charge is -2.18. The van der Waals surface area contributed by atoms with E-state index in [-0.39, 0.29) is 11.9 Å². The minimum Gasteiger partial charge on any atom is -0.361 e. The van der Waals surface area contributed by atoms with E-state index in [0.29, 0.717) is 6.54 Å². The Labute approximate surface area is 158 Å². The number of anilines is 1. The van der Waals surface area contributed by atoms with E-state index in [1.807, 2.05) is 66.9 Å². The summed E-state index contributed by atoms with van der Waals surface area (Å²) >= 11 is 0. The highest BCUT2D eigenvalue weighted by molar-refractivity contribution is 5.89. The maximum absolute atomic E-state index is 12.4. The molecule has 4 nitrogen and oxygen atoms in total. The number of carbonyl (C=O) groups is 1. The Hall–Kier alpha value is -3.53. The first-order valence-electron chi connectivity index (χ1n) is 9.02. The van der Waals surface area contributed by atoms with Gasteiger partial charge in [0.15, 0.2) is 0 Å². The molecule has 0 bridgehead atoms. The highest BCUT2D eigenvalue weighted by Gasteiger charge is 2.18. The Bertz CT molecular complexity index is 1030. The second-order valence-electron chi connectivity index (χ2n) is 6.45. The summed E-state index contributed by atoms with van der Waals surface area (Å²) in [5.74, 6) is 0.0591.